The van der Waals surface area contributed by atoms with E-state index >= 15 is 0 Å². The van der Waals surface area contributed by atoms with E-state index in [1.54, 1.807) is 14.2 Å². The average molecular weight is 327 g/mol. The molecule has 0 fully saturated rings. The molecular formula is C18H33NO4. The number of hydrogen-bond donors (Lipinski definition) is 0. The van der Waals surface area contributed by atoms with Crippen molar-refractivity contribution in [2.75, 3.05) is 47.1 Å². The van der Waals surface area contributed by atoms with E-state index in [0.717, 1.165) is 45.3 Å². The predicted molar refractivity (Wildman–Crippen MR) is 92.3 cm³/mol. The molecule has 0 aliphatic carbocycles. The first-order chi connectivity index (χ1) is 11.2. The number of unbranched alkanes of at least 4 members (excludes halogenated alkanes) is 4. The summed E-state index contributed by atoms with van der Waals surface area (Å²) in [5, 5.41) is 0. The normalized spacial score (nSPS) is 11.0. The molecule has 0 amide bonds. The molecule has 134 valence electrons. The molecule has 0 unspecified atom stereocenters. The lowest BCUT2D eigenvalue weighted by molar-refractivity contribution is -0.154. The van der Waals surface area contributed by atoms with Crippen LogP contribution in [-0.2, 0) is 19.0 Å². The summed E-state index contributed by atoms with van der Waals surface area (Å²) in [7, 11) is 3.17. The largest absolute Gasteiger partial charge is 0.457 e. The van der Waals surface area contributed by atoms with Crippen LogP contribution >= 0.6 is 0 Å². The first-order valence-electron chi connectivity index (χ1n) is 8.51. The van der Waals surface area contributed by atoms with Crippen molar-refractivity contribution in [3.05, 3.63) is 0 Å². The Kier molecular flexibility index (Phi) is 15.0. The Morgan fingerprint density at radius 3 is 2.26 bits per heavy atom. The first-order valence-corrected chi connectivity index (χ1v) is 8.51. The monoisotopic (exact) mass is 327 g/mol. The van der Waals surface area contributed by atoms with Gasteiger partial charge in [0.2, 0.25) is 0 Å². The number of hydrogen-bond acceptors (Lipinski definition) is 5. The van der Waals surface area contributed by atoms with Crippen LogP contribution in [-0.4, -0.2) is 64.0 Å². The summed E-state index contributed by atoms with van der Waals surface area (Å²) in [6.45, 7) is 5.64. The summed E-state index contributed by atoms with van der Waals surface area (Å²) >= 11 is 0. The molecule has 5 nitrogen and oxygen atoms in total. The average Bonchev–Trinajstić information content (AvgIpc) is 2.53. The van der Waals surface area contributed by atoms with Gasteiger partial charge in [-0.2, -0.15) is 0 Å². The predicted octanol–water partition coefficient (Wildman–Crippen LogP) is 2.49. The third-order valence-corrected chi connectivity index (χ3v) is 3.62. The number of esters is 1. The molecule has 0 saturated carbocycles. The van der Waals surface area contributed by atoms with Gasteiger partial charge in [0, 0.05) is 20.6 Å². The number of ether oxygens (including phenoxy) is 3. The molecular weight excluding hydrogens is 294 g/mol. The molecule has 0 saturated heterocycles. The van der Waals surface area contributed by atoms with Crippen LogP contribution in [0.5, 0.6) is 0 Å². The van der Waals surface area contributed by atoms with Gasteiger partial charge in [0.05, 0.1) is 19.8 Å². The zero-order chi connectivity index (χ0) is 17.3. The second kappa shape index (κ2) is 15.8. The number of rotatable bonds is 15. The van der Waals surface area contributed by atoms with E-state index in [0.29, 0.717) is 19.6 Å². The lowest BCUT2D eigenvalue weighted by Gasteiger charge is -2.17. The molecule has 0 rings (SSSR count). The molecule has 0 aromatic rings. The molecule has 0 spiro atoms. The standard InChI is InChI=1S/C18H33NO4/c1-5-13-19(6-2)14-11-9-7-8-10-12-18(20)23-17(15-21-3)16-22-4/h1,17H,6-16H2,2-4H3. The number of carbonyl (C=O) groups is 1. The minimum atomic E-state index is -0.311. The van der Waals surface area contributed by atoms with E-state index in [-0.39, 0.29) is 12.1 Å². The molecule has 23 heavy (non-hydrogen) atoms. The van der Waals surface area contributed by atoms with Gasteiger partial charge in [-0.05, 0) is 25.9 Å². The van der Waals surface area contributed by atoms with E-state index in [2.05, 4.69) is 17.7 Å². The topological polar surface area (TPSA) is 48.0 Å². The van der Waals surface area contributed by atoms with E-state index in [1.807, 2.05) is 0 Å². The molecule has 0 aliphatic heterocycles. The van der Waals surface area contributed by atoms with Crippen molar-refractivity contribution in [1.29, 1.82) is 0 Å². The van der Waals surface area contributed by atoms with Crippen molar-refractivity contribution < 1.29 is 19.0 Å². The highest BCUT2D eigenvalue weighted by atomic mass is 16.6. The Bertz CT molecular complexity index is 321. The van der Waals surface area contributed by atoms with E-state index < -0.39 is 0 Å². The summed E-state index contributed by atoms with van der Waals surface area (Å²) in [6.07, 6.45) is 10.9. The Labute approximate surface area is 141 Å². The SMILES string of the molecule is C#CCN(CC)CCCCCCCC(=O)OC(COC)COC. The Morgan fingerprint density at radius 2 is 1.70 bits per heavy atom. The zero-order valence-electron chi connectivity index (χ0n) is 15.0. The molecule has 0 aromatic carbocycles. The smallest absolute Gasteiger partial charge is 0.306 e. The molecule has 0 bridgehead atoms. The minimum absolute atomic E-state index is 0.171. The molecule has 0 aromatic heterocycles. The molecule has 0 radical (unpaired) electrons. The van der Waals surface area contributed by atoms with Crippen molar-refractivity contribution in [2.45, 2.75) is 51.6 Å². The molecule has 0 atom stereocenters. The Hall–Kier alpha value is -1.09. The van der Waals surface area contributed by atoms with E-state index in [9.17, 15) is 4.79 Å². The van der Waals surface area contributed by atoms with Crippen molar-refractivity contribution in [2.24, 2.45) is 0 Å². The second-order valence-electron chi connectivity index (χ2n) is 5.61. The van der Waals surface area contributed by atoms with Crippen LogP contribution in [0.1, 0.15) is 45.4 Å². The quantitative estimate of drug-likeness (QED) is 0.263. The van der Waals surface area contributed by atoms with Crippen molar-refractivity contribution >= 4 is 5.97 Å². The molecule has 5 heteroatoms. The van der Waals surface area contributed by atoms with Crippen LogP contribution in [0, 0.1) is 12.3 Å². The Morgan fingerprint density at radius 1 is 1.09 bits per heavy atom. The van der Waals surface area contributed by atoms with Crippen LogP contribution in [0.2, 0.25) is 0 Å². The minimum Gasteiger partial charge on any atom is -0.457 e. The summed E-state index contributed by atoms with van der Waals surface area (Å²) in [6, 6.07) is 0. The lowest BCUT2D eigenvalue weighted by atomic mass is 10.1. The zero-order valence-corrected chi connectivity index (χ0v) is 15.0. The fourth-order valence-electron chi connectivity index (χ4n) is 2.35. The van der Waals surface area contributed by atoms with Crippen LogP contribution in [0.3, 0.4) is 0 Å². The first kappa shape index (κ1) is 21.9. The van der Waals surface area contributed by atoms with E-state index in [1.165, 1.54) is 6.42 Å². The van der Waals surface area contributed by atoms with Crippen LogP contribution in [0.15, 0.2) is 0 Å². The fourth-order valence-corrected chi connectivity index (χ4v) is 2.35. The molecule has 0 aliphatic rings. The van der Waals surface area contributed by atoms with Crippen molar-refractivity contribution in [3.63, 3.8) is 0 Å². The van der Waals surface area contributed by atoms with Crippen molar-refractivity contribution in [3.8, 4) is 12.3 Å². The third-order valence-electron chi connectivity index (χ3n) is 3.62. The number of terminal acetylenes is 1. The van der Waals surface area contributed by atoms with Gasteiger partial charge in [0.25, 0.3) is 0 Å². The van der Waals surface area contributed by atoms with Gasteiger partial charge >= 0.3 is 5.97 Å². The highest BCUT2D eigenvalue weighted by Crippen LogP contribution is 2.08. The van der Waals surface area contributed by atoms with Crippen LogP contribution < -0.4 is 0 Å². The van der Waals surface area contributed by atoms with Gasteiger partial charge < -0.3 is 14.2 Å². The highest BCUT2D eigenvalue weighted by molar-refractivity contribution is 5.69. The van der Waals surface area contributed by atoms with Gasteiger partial charge in [0.1, 0.15) is 6.10 Å². The van der Waals surface area contributed by atoms with Crippen LogP contribution in [0.25, 0.3) is 0 Å². The summed E-state index contributed by atoms with van der Waals surface area (Å²) < 4.78 is 15.3. The maximum Gasteiger partial charge on any atom is 0.306 e. The van der Waals surface area contributed by atoms with Gasteiger partial charge in [-0.25, -0.2) is 0 Å². The fraction of sp³-hybridized carbons (Fsp3) is 0.833. The number of nitrogens with zero attached hydrogens (tertiary/aromatic N) is 1. The van der Waals surface area contributed by atoms with Gasteiger partial charge in [-0.3, -0.25) is 9.69 Å². The maximum atomic E-state index is 11.7. The summed E-state index contributed by atoms with van der Waals surface area (Å²) in [5.41, 5.74) is 0. The maximum absolute atomic E-state index is 11.7. The van der Waals surface area contributed by atoms with Crippen LogP contribution in [0.4, 0.5) is 0 Å². The van der Waals surface area contributed by atoms with E-state index in [4.69, 9.17) is 20.6 Å². The van der Waals surface area contributed by atoms with Gasteiger partial charge in [-0.15, -0.1) is 6.42 Å². The lowest BCUT2D eigenvalue weighted by Crippen LogP contribution is -2.27. The van der Waals surface area contributed by atoms with Crippen molar-refractivity contribution in [1.82, 2.24) is 4.90 Å². The molecule has 0 heterocycles. The van der Waals surface area contributed by atoms with Gasteiger partial charge in [0.15, 0.2) is 0 Å². The Balaban J connectivity index is 3.60. The van der Waals surface area contributed by atoms with Gasteiger partial charge in [-0.1, -0.05) is 32.1 Å². The number of carbonyl (C=O) groups excluding carboxylic acids is 1. The second-order valence-corrected chi connectivity index (χ2v) is 5.61. The number of methoxy groups -OCH3 is 2. The molecule has 0 N–H and O–H groups in total. The summed E-state index contributed by atoms with van der Waals surface area (Å²) in [5.74, 6) is 2.51. The third kappa shape index (κ3) is 13.1. The summed E-state index contributed by atoms with van der Waals surface area (Å²) in [4.78, 5) is 14.0. The highest BCUT2D eigenvalue weighted by Gasteiger charge is 2.13.